The fraction of sp³-hybridized carbons (Fsp3) is 0.562. The first kappa shape index (κ1) is 20.7. The van der Waals surface area contributed by atoms with E-state index in [1.165, 1.54) is 0 Å². The molecule has 136 valence electrons. The maximum atomic E-state index is 12.0. The molecule has 1 aromatic carbocycles. The summed E-state index contributed by atoms with van der Waals surface area (Å²) in [5.41, 5.74) is 1.56. The number of amides is 1. The molecule has 1 heterocycles. The first-order valence-electron chi connectivity index (χ1n) is 7.67. The first-order chi connectivity index (χ1) is 10.9. The molecule has 1 aliphatic rings. The number of alkyl halides is 3. The van der Waals surface area contributed by atoms with E-state index in [2.05, 4.69) is 15.4 Å². The molecule has 1 amide bonds. The van der Waals surface area contributed by atoms with Crippen LogP contribution in [0.2, 0.25) is 0 Å². The monoisotopic (exact) mass is 366 g/mol. The van der Waals surface area contributed by atoms with Gasteiger partial charge >= 0.3 is 6.18 Å². The Hall–Kier alpha value is -1.31. The van der Waals surface area contributed by atoms with Gasteiger partial charge in [-0.2, -0.15) is 13.2 Å². The maximum Gasteiger partial charge on any atom is 0.411 e. The summed E-state index contributed by atoms with van der Waals surface area (Å²) in [5.74, 6) is -0.0118. The summed E-state index contributed by atoms with van der Waals surface area (Å²) in [7, 11) is 0. The van der Waals surface area contributed by atoms with Gasteiger partial charge in [0.2, 0.25) is 5.91 Å². The Morgan fingerprint density at radius 2 is 1.88 bits per heavy atom. The number of carbonyl (C=O) groups is 1. The number of rotatable bonds is 6. The van der Waals surface area contributed by atoms with Crippen LogP contribution >= 0.6 is 12.4 Å². The minimum absolute atomic E-state index is 0. The molecule has 1 atom stereocenters. The van der Waals surface area contributed by atoms with Crippen LogP contribution in [0.1, 0.15) is 30.4 Å². The van der Waals surface area contributed by atoms with E-state index in [1.807, 2.05) is 0 Å². The Morgan fingerprint density at radius 3 is 2.46 bits per heavy atom. The van der Waals surface area contributed by atoms with Crippen LogP contribution in [0.5, 0.6) is 0 Å². The van der Waals surface area contributed by atoms with E-state index in [-0.39, 0.29) is 31.0 Å². The lowest BCUT2D eigenvalue weighted by atomic mass is 10.0. The van der Waals surface area contributed by atoms with Crippen molar-refractivity contribution >= 4 is 18.3 Å². The van der Waals surface area contributed by atoms with Crippen LogP contribution in [0.15, 0.2) is 24.3 Å². The lowest BCUT2D eigenvalue weighted by Crippen LogP contribution is -2.46. The van der Waals surface area contributed by atoms with Crippen molar-refractivity contribution in [3.63, 3.8) is 0 Å². The number of piperidine rings is 1. The van der Waals surface area contributed by atoms with Crippen molar-refractivity contribution in [1.29, 1.82) is 0 Å². The predicted octanol–water partition coefficient (Wildman–Crippen LogP) is 2.95. The quantitative estimate of drug-likeness (QED) is 0.814. The molecular weight excluding hydrogens is 345 g/mol. The van der Waals surface area contributed by atoms with E-state index >= 15 is 0 Å². The molecule has 4 nitrogen and oxygen atoms in total. The van der Waals surface area contributed by atoms with Crippen LogP contribution in [-0.2, 0) is 22.7 Å². The minimum Gasteiger partial charge on any atom is -0.367 e. The first-order valence-corrected chi connectivity index (χ1v) is 7.67. The van der Waals surface area contributed by atoms with Crippen molar-refractivity contribution in [3.8, 4) is 0 Å². The number of benzene rings is 1. The molecular formula is C16H22ClF3N2O2. The molecule has 0 saturated carbocycles. The average Bonchev–Trinajstić information content (AvgIpc) is 2.53. The van der Waals surface area contributed by atoms with Crippen molar-refractivity contribution in [2.75, 3.05) is 13.2 Å². The highest BCUT2D eigenvalue weighted by molar-refractivity contribution is 5.85. The Labute approximate surface area is 145 Å². The number of nitrogens with one attached hydrogen (secondary N) is 2. The second-order valence-electron chi connectivity index (χ2n) is 5.64. The molecule has 0 aromatic heterocycles. The SMILES string of the molecule is Cl.O=C(NCc1ccc(COCC(F)(F)F)cc1)C1CCCCN1. The largest absolute Gasteiger partial charge is 0.411 e. The van der Waals surface area contributed by atoms with Gasteiger partial charge in [-0.05, 0) is 30.5 Å². The van der Waals surface area contributed by atoms with Crippen LogP contribution in [-0.4, -0.2) is 31.3 Å². The molecule has 1 saturated heterocycles. The van der Waals surface area contributed by atoms with Crippen LogP contribution in [0.3, 0.4) is 0 Å². The zero-order valence-electron chi connectivity index (χ0n) is 13.2. The minimum atomic E-state index is -4.31. The predicted molar refractivity (Wildman–Crippen MR) is 86.9 cm³/mol. The molecule has 0 aliphatic carbocycles. The molecule has 2 rings (SSSR count). The van der Waals surface area contributed by atoms with E-state index in [4.69, 9.17) is 0 Å². The molecule has 1 aromatic rings. The van der Waals surface area contributed by atoms with Gasteiger partial charge < -0.3 is 15.4 Å². The van der Waals surface area contributed by atoms with Gasteiger partial charge in [-0.1, -0.05) is 30.7 Å². The average molecular weight is 367 g/mol. The lowest BCUT2D eigenvalue weighted by molar-refractivity contribution is -0.176. The molecule has 1 unspecified atom stereocenters. The van der Waals surface area contributed by atoms with Crippen LogP contribution in [0, 0.1) is 0 Å². The van der Waals surface area contributed by atoms with Gasteiger partial charge in [0.25, 0.3) is 0 Å². The molecule has 1 fully saturated rings. The summed E-state index contributed by atoms with van der Waals surface area (Å²) in [5, 5.41) is 6.05. The smallest absolute Gasteiger partial charge is 0.367 e. The van der Waals surface area contributed by atoms with E-state index in [0.29, 0.717) is 12.1 Å². The summed E-state index contributed by atoms with van der Waals surface area (Å²) in [6.45, 7) is -0.0667. The van der Waals surface area contributed by atoms with Gasteiger partial charge in [0.1, 0.15) is 6.61 Å². The van der Waals surface area contributed by atoms with Gasteiger partial charge in [-0.3, -0.25) is 4.79 Å². The van der Waals surface area contributed by atoms with E-state index in [9.17, 15) is 18.0 Å². The molecule has 2 N–H and O–H groups in total. The topological polar surface area (TPSA) is 50.4 Å². The number of ether oxygens (including phenoxy) is 1. The van der Waals surface area contributed by atoms with E-state index < -0.39 is 12.8 Å². The second-order valence-corrected chi connectivity index (χ2v) is 5.64. The van der Waals surface area contributed by atoms with E-state index in [0.717, 1.165) is 31.4 Å². The Balaban J connectivity index is 0.00000288. The van der Waals surface area contributed by atoms with Crippen LogP contribution in [0.4, 0.5) is 13.2 Å². The second kappa shape index (κ2) is 9.86. The van der Waals surface area contributed by atoms with Crippen molar-refractivity contribution < 1.29 is 22.7 Å². The third kappa shape index (κ3) is 7.51. The summed E-state index contributed by atoms with van der Waals surface area (Å²) in [4.78, 5) is 12.0. The van der Waals surface area contributed by atoms with Gasteiger partial charge in [0.15, 0.2) is 0 Å². The van der Waals surface area contributed by atoms with E-state index in [1.54, 1.807) is 24.3 Å². The Kier molecular flexibility index (Phi) is 8.52. The van der Waals surface area contributed by atoms with Crippen molar-refractivity contribution in [1.82, 2.24) is 10.6 Å². The fourth-order valence-electron chi connectivity index (χ4n) is 2.43. The van der Waals surface area contributed by atoms with Gasteiger partial charge in [0, 0.05) is 6.54 Å². The molecule has 0 spiro atoms. The molecule has 8 heteroatoms. The standard InChI is InChI=1S/C16H21F3N2O2.ClH/c17-16(18,19)11-23-10-13-6-4-12(5-7-13)9-21-15(22)14-3-1-2-8-20-14;/h4-7,14,20H,1-3,8-11H2,(H,21,22);1H. The number of hydrogen-bond donors (Lipinski definition) is 2. The third-order valence-electron chi connectivity index (χ3n) is 3.65. The van der Waals surface area contributed by atoms with Crippen molar-refractivity contribution in [3.05, 3.63) is 35.4 Å². The highest BCUT2D eigenvalue weighted by Crippen LogP contribution is 2.16. The van der Waals surface area contributed by atoms with Gasteiger partial charge in [0.05, 0.1) is 12.6 Å². The molecule has 1 aliphatic heterocycles. The third-order valence-corrected chi connectivity index (χ3v) is 3.65. The van der Waals surface area contributed by atoms with Gasteiger partial charge in [-0.15, -0.1) is 12.4 Å². The van der Waals surface area contributed by atoms with Crippen LogP contribution < -0.4 is 10.6 Å². The zero-order valence-corrected chi connectivity index (χ0v) is 14.0. The zero-order chi connectivity index (χ0) is 16.7. The molecule has 24 heavy (non-hydrogen) atoms. The number of halogens is 4. The molecule has 0 radical (unpaired) electrons. The van der Waals surface area contributed by atoms with Gasteiger partial charge in [-0.25, -0.2) is 0 Å². The summed E-state index contributed by atoms with van der Waals surface area (Å²) in [6.07, 6.45) is -1.31. The van der Waals surface area contributed by atoms with Crippen molar-refractivity contribution in [2.24, 2.45) is 0 Å². The number of hydrogen-bond acceptors (Lipinski definition) is 3. The summed E-state index contributed by atoms with van der Waals surface area (Å²) in [6, 6.07) is 6.84. The maximum absolute atomic E-state index is 12.0. The van der Waals surface area contributed by atoms with Crippen molar-refractivity contribution in [2.45, 2.75) is 44.6 Å². The van der Waals surface area contributed by atoms with Crippen LogP contribution in [0.25, 0.3) is 0 Å². The highest BCUT2D eigenvalue weighted by atomic mass is 35.5. The summed E-state index contributed by atoms with van der Waals surface area (Å²) >= 11 is 0. The lowest BCUT2D eigenvalue weighted by Gasteiger charge is -2.22. The normalized spacial score (nSPS) is 17.9. The highest BCUT2D eigenvalue weighted by Gasteiger charge is 2.27. The number of carbonyl (C=O) groups excluding carboxylic acids is 1. The Bertz CT molecular complexity index is 503. The fourth-order valence-corrected chi connectivity index (χ4v) is 2.43. The Morgan fingerprint density at radius 1 is 1.21 bits per heavy atom. The summed E-state index contributed by atoms with van der Waals surface area (Å²) < 4.78 is 40.5. The molecule has 0 bridgehead atoms.